The third kappa shape index (κ3) is 3.67. The number of benzene rings is 2. The Bertz CT molecular complexity index is 983. The van der Waals surface area contributed by atoms with Crippen molar-refractivity contribution < 1.29 is 9.53 Å². The molecule has 1 saturated heterocycles. The number of rotatable bonds is 5. The average molecular weight is 377 g/mol. The normalized spacial score (nSPS) is 15.8. The molecule has 28 heavy (non-hydrogen) atoms. The van der Waals surface area contributed by atoms with Gasteiger partial charge in [-0.2, -0.15) is 0 Å². The molecule has 2 aromatic carbocycles. The number of carbonyl (C=O) groups excluding carboxylic acids is 1. The number of nitrogens with zero attached hydrogens (tertiary/aromatic N) is 3. The van der Waals surface area contributed by atoms with E-state index in [-0.39, 0.29) is 11.7 Å². The van der Waals surface area contributed by atoms with Crippen molar-refractivity contribution in [3.63, 3.8) is 0 Å². The minimum absolute atomic E-state index is 0.106. The van der Waals surface area contributed by atoms with Gasteiger partial charge in [-0.25, -0.2) is 4.98 Å². The summed E-state index contributed by atoms with van der Waals surface area (Å²) < 4.78 is 7.39. The van der Waals surface area contributed by atoms with E-state index in [9.17, 15) is 4.79 Å². The van der Waals surface area contributed by atoms with E-state index in [0.717, 1.165) is 49.4 Å². The van der Waals surface area contributed by atoms with Crippen LogP contribution in [-0.2, 0) is 6.67 Å². The Balaban J connectivity index is 1.39. The van der Waals surface area contributed by atoms with Crippen LogP contribution in [0, 0.1) is 19.8 Å². The Hall–Kier alpha value is -2.66. The molecule has 1 aromatic heterocycles. The summed E-state index contributed by atoms with van der Waals surface area (Å²) in [6, 6.07) is 11.8. The molecule has 0 spiro atoms. The van der Waals surface area contributed by atoms with Gasteiger partial charge in [-0.15, -0.1) is 0 Å². The van der Waals surface area contributed by atoms with Crippen LogP contribution >= 0.6 is 0 Å². The highest BCUT2D eigenvalue weighted by atomic mass is 16.5. The number of methoxy groups -OCH3 is 1. The minimum atomic E-state index is 0.106. The predicted octanol–water partition coefficient (Wildman–Crippen LogP) is 4.21. The molecule has 1 fully saturated rings. The lowest BCUT2D eigenvalue weighted by Crippen LogP contribution is -2.37. The summed E-state index contributed by atoms with van der Waals surface area (Å²) in [5.74, 6) is 1.14. The largest absolute Gasteiger partial charge is 0.497 e. The van der Waals surface area contributed by atoms with Crippen LogP contribution in [0.5, 0.6) is 5.75 Å². The maximum atomic E-state index is 12.8. The van der Waals surface area contributed by atoms with Crippen molar-refractivity contribution in [3.8, 4) is 5.75 Å². The molecular weight excluding hydrogens is 350 g/mol. The second kappa shape index (κ2) is 7.76. The monoisotopic (exact) mass is 377 g/mol. The molecular formula is C23H27N3O2. The molecule has 0 N–H and O–H groups in total. The van der Waals surface area contributed by atoms with Crippen molar-refractivity contribution >= 4 is 16.8 Å². The van der Waals surface area contributed by atoms with Crippen molar-refractivity contribution in [3.05, 3.63) is 59.4 Å². The quantitative estimate of drug-likeness (QED) is 0.625. The van der Waals surface area contributed by atoms with Gasteiger partial charge in [0.15, 0.2) is 5.78 Å². The number of fused-ring (bicyclic) bond motifs is 1. The van der Waals surface area contributed by atoms with Crippen LogP contribution in [-0.4, -0.2) is 40.4 Å². The molecule has 0 amide bonds. The summed E-state index contributed by atoms with van der Waals surface area (Å²) >= 11 is 0. The standard InChI is InChI=1S/C23H27N3O2/c1-16-12-21-22(13-17(16)2)26(14-24-21)15-25-10-8-19(9-11-25)23(27)18-4-6-20(28-3)7-5-18/h4-7,12-14,19H,8-11,15H2,1-3H3. The van der Waals surface area contributed by atoms with Crippen molar-refractivity contribution in [2.45, 2.75) is 33.4 Å². The summed E-state index contributed by atoms with van der Waals surface area (Å²) in [4.78, 5) is 19.8. The van der Waals surface area contributed by atoms with Crippen molar-refractivity contribution in [2.75, 3.05) is 20.2 Å². The van der Waals surface area contributed by atoms with E-state index in [4.69, 9.17) is 4.74 Å². The zero-order valence-electron chi connectivity index (χ0n) is 16.8. The molecule has 3 aromatic rings. The second-order valence-electron chi connectivity index (χ2n) is 7.77. The van der Waals surface area contributed by atoms with Crippen LogP contribution in [0.25, 0.3) is 11.0 Å². The Labute approximate surface area is 165 Å². The van der Waals surface area contributed by atoms with E-state index >= 15 is 0 Å². The molecule has 1 aliphatic rings. The van der Waals surface area contributed by atoms with Crippen LogP contribution in [0.2, 0.25) is 0 Å². The SMILES string of the molecule is COc1ccc(C(=O)C2CCN(Cn3cnc4cc(C)c(C)cc43)CC2)cc1. The summed E-state index contributed by atoms with van der Waals surface area (Å²) in [6.45, 7) is 6.94. The molecule has 5 nitrogen and oxygen atoms in total. The van der Waals surface area contributed by atoms with Crippen LogP contribution in [0.15, 0.2) is 42.7 Å². The van der Waals surface area contributed by atoms with Gasteiger partial charge < -0.3 is 9.30 Å². The van der Waals surface area contributed by atoms with Gasteiger partial charge in [-0.05, 0) is 74.2 Å². The smallest absolute Gasteiger partial charge is 0.166 e. The molecule has 1 aliphatic heterocycles. The number of ether oxygens (including phenoxy) is 1. The van der Waals surface area contributed by atoms with E-state index in [0.29, 0.717) is 0 Å². The second-order valence-corrected chi connectivity index (χ2v) is 7.77. The molecule has 4 rings (SSSR count). The van der Waals surface area contributed by atoms with E-state index in [1.807, 2.05) is 30.6 Å². The number of carbonyl (C=O) groups is 1. The zero-order chi connectivity index (χ0) is 19.7. The lowest BCUT2D eigenvalue weighted by Gasteiger charge is -2.31. The summed E-state index contributed by atoms with van der Waals surface area (Å²) in [6.07, 6.45) is 3.73. The van der Waals surface area contributed by atoms with Gasteiger partial charge in [0, 0.05) is 24.6 Å². The van der Waals surface area contributed by atoms with Gasteiger partial charge in [0.1, 0.15) is 5.75 Å². The van der Waals surface area contributed by atoms with Gasteiger partial charge in [-0.3, -0.25) is 9.69 Å². The van der Waals surface area contributed by atoms with Crippen molar-refractivity contribution in [1.29, 1.82) is 0 Å². The first-order chi connectivity index (χ1) is 13.5. The van der Waals surface area contributed by atoms with Gasteiger partial charge >= 0.3 is 0 Å². The number of aryl methyl sites for hydroxylation is 2. The van der Waals surface area contributed by atoms with Crippen molar-refractivity contribution in [1.82, 2.24) is 14.5 Å². The third-order valence-electron chi connectivity index (χ3n) is 5.92. The molecule has 0 radical (unpaired) electrons. The van der Waals surface area contributed by atoms with Crippen LogP contribution < -0.4 is 4.74 Å². The minimum Gasteiger partial charge on any atom is -0.497 e. The number of hydrogen-bond acceptors (Lipinski definition) is 4. The average Bonchev–Trinajstić information content (AvgIpc) is 3.10. The Kier molecular flexibility index (Phi) is 5.18. The number of piperidine rings is 1. The number of aromatic nitrogens is 2. The lowest BCUT2D eigenvalue weighted by atomic mass is 9.89. The van der Waals surface area contributed by atoms with Crippen LogP contribution in [0.1, 0.15) is 34.3 Å². The summed E-state index contributed by atoms with van der Waals surface area (Å²) in [5, 5.41) is 0. The number of hydrogen-bond donors (Lipinski definition) is 0. The Morgan fingerprint density at radius 1 is 1.11 bits per heavy atom. The van der Waals surface area contributed by atoms with E-state index < -0.39 is 0 Å². The predicted molar refractivity (Wildman–Crippen MR) is 111 cm³/mol. The molecule has 2 heterocycles. The van der Waals surface area contributed by atoms with Gasteiger partial charge in [0.05, 0.1) is 31.1 Å². The van der Waals surface area contributed by atoms with E-state index in [2.05, 4.69) is 40.4 Å². The number of Topliss-reactive ketones (excluding diaryl/α,β-unsaturated/α-hetero) is 1. The van der Waals surface area contributed by atoms with Gasteiger partial charge in [0.2, 0.25) is 0 Å². The first-order valence-electron chi connectivity index (χ1n) is 9.88. The highest BCUT2D eigenvalue weighted by Gasteiger charge is 2.26. The lowest BCUT2D eigenvalue weighted by molar-refractivity contribution is 0.0813. The molecule has 0 unspecified atom stereocenters. The highest BCUT2D eigenvalue weighted by Crippen LogP contribution is 2.24. The molecule has 0 atom stereocenters. The van der Waals surface area contributed by atoms with Gasteiger partial charge in [0.25, 0.3) is 0 Å². The number of imidazole rings is 1. The molecule has 146 valence electrons. The maximum absolute atomic E-state index is 12.8. The summed E-state index contributed by atoms with van der Waals surface area (Å²) in [7, 11) is 1.64. The van der Waals surface area contributed by atoms with Gasteiger partial charge in [-0.1, -0.05) is 0 Å². The first kappa shape index (κ1) is 18.7. The zero-order valence-corrected chi connectivity index (χ0v) is 16.8. The molecule has 0 aliphatic carbocycles. The molecule has 0 bridgehead atoms. The maximum Gasteiger partial charge on any atom is 0.166 e. The number of likely N-dealkylation sites (tertiary alicyclic amines) is 1. The van der Waals surface area contributed by atoms with E-state index in [1.54, 1.807) is 7.11 Å². The molecule has 5 heteroatoms. The Morgan fingerprint density at radius 3 is 2.46 bits per heavy atom. The first-order valence-corrected chi connectivity index (χ1v) is 9.88. The van der Waals surface area contributed by atoms with E-state index in [1.165, 1.54) is 16.6 Å². The third-order valence-corrected chi connectivity index (χ3v) is 5.92. The fourth-order valence-electron chi connectivity index (χ4n) is 3.97. The molecule has 0 saturated carbocycles. The fourth-order valence-corrected chi connectivity index (χ4v) is 3.97. The highest BCUT2D eigenvalue weighted by molar-refractivity contribution is 5.98. The number of ketones is 1. The Morgan fingerprint density at radius 2 is 1.79 bits per heavy atom. The van der Waals surface area contributed by atoms with Crippen LogP contribution in [0.3, 0.4) is 0 Å². The van der Waals surface area contributed by atoms with Crippen LogP contribution in [0.4, 0.5) is 0 Å². The van der Waals surface area contributed by atoms with Crippen molar-refractivity contribution in [2.24, 2.45) is 5.92 Å². The summed E-state index contributed by atoms with van der Waals surface area (Å²) in [5.41, 5.74) is 5.58. The topological polar surface area (TPSA) is 47.4 Å². The fraction of sp³-hybridized carbons (Fsp3) is 0.391.